The van der Waals surface area contributed by atoms with E-state index < -0.39 is 12.2 Å². The van der Waals surface area contributed by atoms with Crippen molar-refractivity contribution >= 4 is 0 Å². The molecule has 2 atom stereocenters. The summed E-state index contributed by atoms with van der Waals surface area (Å²) in [7, 11) is 0. The Kier molecular flexibility index (Phi) is 3.33. The number of aliphatic hydroxyl groups is 1. The Labute approximate surface area is 62.9 Å². The van der Waals surface area contributed by atoms with Crippen LogP contribution in [0.4, 0.5) is 0 Å². The lowest BCUT2D eigenvalue weighted by molar-refractivity contribution is -0.0768. The lowest BCUT2D eigenvalue weighted by Gasteiger charge is -2.27. The summed E-state index contributed by atoms with van der Waals surface area (Å²) in [6.45, 7) is 7.42. The Morgan fingerprint density at radius 3 is 1.90 bits per heavy atom. The molecule has 0 saturated carbocycles. The van der Waals surface area contributed by atoms with E-state index in [-0.39, 0.29) is 5.41 Å². The van der Waals surface area contributed by atoms with Crippen LogP contribution >= 0.6 is 0 Å². The molecule has 0 aliphatic carbocycles. The Hall–Kier alpha value is -0.0800. The zero-order valence-electron chi connectivity index (χ0n) is 7.22. The minimum absolute atomic E-state index is 0.275. The average Bonchev–Trinajstić information content (AvgIpc) is 1.83. The lowest BCUT2D eigenvalue weighted by atomic mass is 9.85. The van der Waals surface area contributed by atoms with E-state index in [4.69, 9.17) is 0 Å². The fourth-order valence-corrected chi connectivity index (χ4v) is 0.781. The van der Waals surface area contributed by atoms with Crippen LogP contribution in [-0.4, -0.2) is 17.3 Å². The van der Waals surface area contributed by atoms with Crippen LogP contribution in [0.2, 0.25) is 0 Å². The van der Waals surface area contributed by atoms with Crippen LogP contribution in [0, 0.1) is 5.41 Å². The van der Waals surface area contributed by atoms with E-state index in [0.29, 0.717) is 6.42 Å². The first-order chi connectivity index (χ1) is 4.39. The highest BCUT2D eigenvalue weighted by atomic mass is 16.3. The topological polar surface area (TPSA) is 40.1 Å². The highest BCUT2D eigenvalue weighted by Crippen LogP contribution is 2.22. The van der Waals surface area contributed by atoms with Crippen molar-refractivity contribution < 1.29 is 10.2 Å². The molecule has 0 aromatic rings. The third kappa shape index (κ3) is 2.67. The molecule has 2 heteroatoms. The fraction of sp³-hybridized carbons (Fsp3) is 1.00. The normalized spacial score (nSPS) is 18.6. The van der Waals surface area contributed by atoms with Crippen molar-refractivity contribution in [1.82, 2.24) is 0 Å². The van der Waals surface area contributed by atoms with Gasteiger partial charge in [0.2, 0.25) is 0 Å². The molecule has 0 aromatic carbocycles. The second-order valence-corrected chi connectivity index (χ2v) is 3.76. The number of aliphatic hydroxyl groups excluding tert-OH is 1. The monoisotopic (exact) mass is 145 g/mol. The number of hydrogen-bond donors (Lipinski definition) is 1. The molecule has 0 fully saturated rings. The molecule has 10 heavy (non-hydrogen) atoms. The summed E-state index contributed by atoms with van der Waals surface area (Å²) in [4.78, 5) is 0. The summed E-state index contributed by atoms with van der Waals surface area (Å²) in [6.07, 6.45) is -1.06. The van der Waals surface area contributed by atoms with Gasteiger partial charge in [0.25, 0.3) is 0 Å². The van der Waals surface area contributed by atoms with Crippen molar-refractivity contribution in [3.8, 4) is 0 Å². The maximum absolute atomic E-state index is 11.0. The van der Waals surface area contributed by atoms with Crippen LogP contribution in [0.5, 0.6) is 0 Å². The highest BCUT2D eigenvalue weighted by Gasteiger charge is 2.28. The van der Waals surface area contributed by atoms with Gasteiger partial charge in [0.05, 0.1) is 6.10 Å². The number of hydrogen-bond acceptors (Lipinski definition) is 1. The van der Waals surface area contributed by atoms with Crippen LogP contribution < -0.4 is 0 Å². The van der Waals surface area contributed by atoms with Gasteiger partial charge in [-0.1, -0.05) is 27.7 Å². The summed E-state index contributed by atoms with van der Waals surface area (Å²) in [5, 5.41) is 20.3. The predicted octanol–water partition coefficient (Wildman–Crippen LogP) is 1.60. The molecule has 0 heterocycles. The van der Waals surface area contributed by atoms with Gasteiger partial charge < -0.3 is 5.11 Å². The first kappa shape index (κ1) is 9.92. The fourth-order valence-electron chi connectivity index (χ4n) is 0.781. The molecule has 1 radical (unpaired) electrons. The van der Waals surface area contributed by atoms with Crippen molar-refractivity contribution in [3.63, 3.8) is 0 Å². The standard InChI is InChI=1S/C8H17O2/c1-5-6(9)7(10)8(2,3)4/h6-7,10H,5H2,1-4H3. The van der Waals surface area contributed by atoms with Crippen LogP contribution in [0.3, 0.4) is 0 Å². The van der Waals surface area contributed by atoms with Gasteiger partial charge in [-0.15, -0.1) is 0 Å². The molecule has 0 aliphatic rings. The second kappa shape index (κ2) is 3.35. The van der Waals surface area contributed by atoms with Crippen molar-refractivity contribution in [3.05, 3.63) is 0 Å². The molecule has 0 aliphatic heterocycles. The maximum atomic E-state index is 11.0. The van der Waals surface area contributed by atoms with E-state index in [1.165, 1.54) is 0 Å². The Morgan fingerprint density at radius 1 is 1.40 bits per heavy atom. The van der Waals surface area contributed by atoms with E-state index in [0.717, 1.165) is 0 Å². The van der Waals surface area contributed by atoms with Gasteiger partial charge in [-0.3, -0.25) is 0 Å². The smallest absolute Gasteiger partial charge is 0.119 e. The van der Waals surface area contributed by atoms with Crippen molar-refractivity contribution in [1.29, 1.82) is 0 Å². The molecule has 0 spiro atoms. The molecule has 61 valence electrons. The van der Waals surface area contributed by atoms with Crippen LogP contribution in [0.15, 0.2) is 0 Å². The Bertz CT molecular complexity index is 93.9. The first-order valence-corrected chi connectivity index (χ1v) is 3.73. The van der Waals surface area contributed by atoms with Gasteiger partial charge in [0.15, 0.2) is 0 Å². The quantitative estimate of drug-likeness (QED) is 0.630. The molecule has 0 bridgehead atoms. The van der Waals surface area contributed by atoms with Crippen LogP contribution in [-0.2, 0) is 5.11 Å². The molecule has 0 aromatic heterocycles. The van der Waals surface area contributed by atoms with E-state index >= 15 is 0 Å². The Morgan fingerprint density at radius 2 is 1.80 bits per heavy atom. The summed E-state index contributed by atoms with van der Waals surface area (Å²) < 4.78 is 0. The van der Waals surface area contributed by atoms with Gasteiger partial charge in [-0.25, -0.2) is 5.11 Å². The molecular formula is C8H17O2. The third-order valence-electron chi connectivity index (χ3n) is 1.64. The van der Waals surface area contributed by atoms with E-state index in [2.05, 4.69) is 0 Å². The summed E-state index contributed by atoms with van der Waals surface area (Å²) in [6, 6.07) is 0. The minimum atomic E-state index is -0.833. The first-order valence-electron chi connectivity index (χ1n) is 3.73. The molecule has 0 rings (SSSR count). The van der Waals surface area contributed by atoms with Crippen LogP contribution in [0.1, 0.15) is 34.1 Å². The van der Waals surface area contributed by atoms with Crippen molar-refractivity contribution in [2.24, 2.45) is 5.41 Å². The molecule has 0 amide bonds. The lowest BCUT2D eigenvalue weighted by Crippen LogP contribution is -2.36. The van der Waals surface area contributed by atoms with Crippen LogP contribution in [0.25, 0.3) is 0 Å². The third-order valence-corrected chi connectivity index (χ3v) is 1.64. The van der Waals surface area contributed by atoms with Crippen molar-refractivity contribution in [2.45, 2.75) is 46.3 Å². The molecule has 2 unspecified atom stereocenters. The zero-order valence-corrected chi connectivity index (χ0v) is 7.22. The summed E-state index contributed by atoms with van der Waals surface area (Å²) in [5.74, 6) is 0. The molecule has 1 N–H and O–H groups in total. The van der Waals surface area contributed by atoms with Gasteiger partial charge >= 0.3 is 0 Å². The van der Waals surface area contributed by atoms with Crippen molar-refractivity contribution in [2.75, 3.05) is 0 Å². The Balaban J connectivity index is 3.94. The van der Waals surface area contributed by atoms with Gasteiger partial charge in [-0.2, -0.15) is 0 Å². The minimum Gasteiger partial charge on any atom is -0.390 e. The zero-order chi connectivity index (χ0) is 8.36. The van der Waals surface area contributed by atoms with E-state index in [1.807, 2.05) is 20.8 Å². The average molecular weight is 145 g/mol. The van der Waals surface area contributed by atoms with Gasteiger partial charge in [-0.05, 0) is 11.8 Å². The highest BCUT2D eigenvalue weighted by molar-refractivity contribution is 4.78. The molecule has 2 nitrogen and oxygen atoms in total. The molecular weight excluding hydrogens is 128 g/mol. The van der Waals surface area contributed by atoms with E-state index in [9.17, 15) is 10.2 Å². The second-order valence-electron chi connectivity index (χ2n) is 3.76. The summed E-state index contributed by atoms with van der Waals surface area (Å²) >= 11 is 0. The van der Waals surface area contributed by atoms with E-state index in [1.54, 1.807) is 6.92 Å². The maximum Gasteiger partial charge on any atom is 0.119 e. The SMILES string of the molecule is CCC([O])C(O)C(C)(C)C. The largest absolute Gasteiger partial charge is 0.390 e. The summed E-state index contributed by atoms with van der Waals surface area (Å²) in [5.41, 5.74) is -0.275. The van der Waals surface area contributed by atoms with Gasteiger partial charge in [0.1, 0.15) is 6.10 Å². The molecule has 0 saturated heterocycles. The van der Waals surface area contributed by atoms with Gasteiger partial charge in [0, 0.05) is 0 Å². The number of rotatable bonds is 2. The predicted molar refractivity (Wildman–Crippen MR) is 40.2 cm³/mol.